The van der Waals surface area contributed by atoms with Crippen molar-refractivity contribution in [1.29, 1.82) is 0 Å². The lowest BCUT2D eigenvalue weighted by Gasteiger charge is -2.26. The number of rotatable bonds is 11. The average molecular weight is 493 g/mol. The molecule has 3 rings (SSSR count). The van der Waals surface area contributed by atoms with Crippen molar-refractivity contribution < 1.29 is 38.4 Å². The highest BCUT2D eigenvalue weighted by molar-refractivity contribution is 6.06. The van der Waals surface area contributed by atoms with E-state index in [0.29, 0.717) is 5.75 Å². The van der Waals surface area contributed by atoms with Gasteiger partial charge in [0.05, 0.1) is 11.1 Å². The molecule has 0 aliphatic heterocycles. The molecule has 188 valence electrons. The zero-order valence-electron chi connectivity index (χ0n) is 20.6. The van der Waals surface area contributed by atoms with E-state index in [1.165, 1.54) is 19.1 Å². The van der Waals surface area contributed by atoms with Gasteiger partial charge in [-0.3, -0.25) is 4.79 Å². The van der Waals surface area contributed by atoms with Gasteiger partial charge >= 0.3 is 11.9 Å². The molecule has 0 aromatic heterocycles. The number of esters is 1. The highest BCUT2D eigenvalue weighted by Gasteiger charge is 2.23. The molecule has 0 fully saturated rings. The van der Waals surface area contributed by atoms with Crippen LogP contribution in [0.25, 0.3) is 0 Å². The lowest BCUT2D eigenvalue weighted by molar-refractivity contribution is 0.0152. The summed E-state index contributed by atoms with van der Waals surface area (Å²) in [5.41, 5.74) is 1.69. The molecule has 0 bridgehead atoms. The van der Waals surface area contributed by atoms with E-state index in [1.54, 1.807) is 19.2 Å². The first-order valence-electron chi connectivity index (χ1n) is 11.1. The van der Waals surface area contributed by atoms with Crippen LogP contribution in [0, 0.1) is 0 Å². The first-order chi connectivity index (χ1) is 17.1. The van der Waals surface area contributed by atoms with Crippen molar-refractivity contribution in [3.63, 3.8) is 0 Å². The number of aromatic carboxylic acids is 1. The van der Waals surface area contributed by atoms with Gasteiger partial charge in [0.15, 0.2) is 12.6 Å². The van der Waals surface area contributed by atoms with Crippen LogP contribution in [-0.2, 0) is 14.9 Å². The number of Topliss-reactive ketones (excluding diaryl/α,β-unsaturated/α-hetero) is 1. The molecule has 0 heterocycles. The number of benzene rings is 3. The highest BCUT2D eigenvalue weighted by atomic mass is 16.7. The number of carboxylic acids is 1. The molecule has 8 nitrogen and oxygen atoms in total. The maximum Gasteiger partial charge on any atom is 0.341 e. The normalized spacial score (nSPS) is 11.0. The van der Waals surface area contributed by atoms with Crippen molar-refractivity contribution in [3.05, 3.63) is 94.5 Å². The minimum atomic E-state index is -1.21. The van der Waals surface area contributed by atoms with Crippen LogP contribution in [0.4, 0.5) is 0 Å². The second-order valence-electron chi connectivity index (χ2n) is 8.54. The van der Waals surface area contributed by atoms with Crippen LogP contribution in [0.1, 0.15) is 63.0 Å². The monoisotopic (exact) mass is 492 g/mol. The van der Waals surface area contributed by atoms with E-state index in [9.17, 15) is 14.4 Å². The zero-order chi connectivity index (χ0) is 26.3. The van der Waals surface area contributed by atoms with Gasteiger partial charge in [-0.25, -0.2) is 9.59 Å². The van der Waals surface area contributed by atoms with Crippen molar-refractivity contribution in [3.8, 4) is 11.5 Å². The minimum Gasteiger partial charge on any atom is -0.478 e. The van der Waals surface area contributed by atoms with E-state index >= 15 is 0 Å². The summed E-state index contributed by atoms with van der Waals surface area (Å²) in [4.78, 5) is 35.5. The molecule has 0 aliphatic carbocycles. The summed E-state index contributed by atoms with van der Waals surface area (Å²) in [6, 6.07) is 18.9. The summed E-state index contributed by atoms with van der Waals surface area (Å²) >= 11 is 0. The number of carbonyl (C=O) groups excluding carboxylic acids is 2. The lowest BCUT2D eigenvalue weighted by Crippen LogP contribution is -2.19. The number of methoxy groups -OCH3 is 1. The highest BCUT2D eigenvalue weighted by Crippen LogP contribution is 2.33. The fraction of sp³-hybridized carbons (Fsp3) is 0.250. The Labute approximate surface area is 209 Å². The topological polar surface area (TPSA) is 108 Å². The Bertz CT molecular complexity index is 1230. The Balaban J connectivity index is 1.63. The van der Waals surface area contributed by atoms with Crippen LogP contribution in [0.3, 0.4) is 0 Å². The number of ether oxygens (including phenoxy) is 4. The van der Waals surface area contributed by atoms with Gasteiger partial charge in [-0.15, -0.1) is 0 Å². The van der Waals surface area contributed by atoms with Gasteiger partial charge in [0.1, 0.15) is 11.5 Å². The van der Waals surface area contributed by atoms with E-state index in [0.717, 1.165) is 22.9 Å². The predicted octanol–water partition coefficient (Wildman–Crippen LogP) is 5.09. The Morgan fingerprint density at radius 2 is 1.31 bits per heavy atom. The molecule has 0 spiro atoms. The van der Waals surface area contributed by atoms with Gasteiger partial charge in [-0.2, -0.15) is 0 Å². The second-order valence-corrected chi connectivity index (χ2v) is 8.54. The van der Waals surface area contributed by atoms with Gasteiger partial charge in [0, 0.05) is 18.1 Å². The molecule has 0 atom stereocenters. The van der Waals surface area contributed by atoms with Crippen LogP contribution in [0.15, 0.2) is 66.7 Å². The Hall–Kier alpha value is -4.17. The molecule has 0 saturated carbocycles. The molecule has 8 heteroatoms. The van der Waals surface area contributed by atoms with E-state index in [1.807, 2.05) is 36.4 Å². The molecule has 3 aromatic carbocycles. The summed E-state index contributed by atoms with van der Waals surface area (Å²) in [6.07, 6.45) is 0. The Morgan fingerprint density at radius 3 is 1.78 bits per heavy atom. The zero-order valence-corrected chi connectivity index (χ0v) is 20.6. The molecule has 0 saturated heterocycles. The summed E-state index contributed by atoms with van der Waals surface area (Å²) < 4.78 is 21.0. The van der Waals surface area contributed by atoms with Gasteiger partial charge in [-0.1, -0.05) is 38.1 Å². The first-order valence-corrected chi connectivity index (χ1v) is 11.1. The summed E-state index contributed by atoms with van der Waals surface area (Å²) in [5, 5.41) is 9.17. The number of hydrogen-bond donors (Lipinski definition) is 1. The van der Waals surface area contributed by atoms with E-state index in [-0.39, 0.29) is 34.7 Å². The molecule has 1 N–H and O–H groups in total. The smallest absolute Gasteiger partial charge is 0.341 e. The fourth-order valence-electron chi connectivity index (χ4n) is 3.61. The van der Waals surface area contributed by atoms with Gasteiger partial charge in [0.2, 0.25) is 6.79 Å². The van der Waals surface area contributed by atoms with Crippen molar-refractivity contribution in [1.82, 2.24) is 0 Å². The van der Waals surface area contributed by atoms with Gasteiger partial charge < -0.3 is 24.1 Å². The lowest BCUT2D eigenvalue weighted by atomic mass is 9.78. The fourth-order valence-corrected chi connectivity index (χ4v) is 3.61. The van der Waals surface area contributed by atoms with Crippen LogP contribution < -0.4 is 9.47 Å². The molecular weight excluding hydrogens is 464 g/mol. The molecule has 0 radical (unpaired) electrons. The summed E-state index contributed by atoms with van der Waals surface area (Å²) in [5.74, 6) is -1.24. The quantitative estimate of drug-likeness (QED) is 0.224. The number of ketones is 1. The van der Waals surface area contributed by atoms with Gasteiger partial charge in [-0.05, 0) is 60.5 Å². The second kappa shape index (κ2) is 11.5. The standard InChI is InChI=1S/C28H28O8/c1-18(29)24-14-5-19(26(30)31)15-25(24)27(32)36-17-35-23-12-8-21(9-13-23)28(2,3)20-6-10-22(11-7-20)34-16-33-4/h5-15H,16-17H2,1-4H3,(H,30,31). The molecule has 36 heavy (non-hydrogen) atoms. The third kappa shape index (κ3) is 6.28. The molecule has 0 unspecified atom stereocenters. The SMILES string of the molecule is COCOc1ccc(C(C)(C)c2ccc(OCOC(=O)c3cc(C(=O)O)ccc3C(C)=O)cc2)cc1. The predicted molar refractivity (Wildman–Crippen MR) is 132 cm³/mol. The molecule has 0 amide bonds. The maximum absolute atomic E-state index is 12.5. The van der Waals surface area contributed by atoms with Crippen molar-refractivity contribution in [2.24, 2.45) is 0 Å². The molecule has 3 aromatic rings. The first kappa shape index (κ1) is 26.4. The van der Waals surface area contributed by atoms with Crippen LogP contribution in [-0.4, -0.2) is 43.5 Å². The molecule has 0 aliphatic rings. The number of carboxylic acid groups (broad SMARTS) is 1. The third-order valence-electron chi connectivity index (χ3n) is 5.78. The maximum atomic E-state index is 12.5. The van der Waals surface area contributed by atoms with Gasteiger partial charge in [0.25, 0.3) is 0 Å². The van der Waals surface area contributed by atoms with Crippen LogP contribution in [0.5, 0.6) is 11.5 Å². The number of hydrogen-bond acceptors (Lipinski definition) is 7. The van der Waals surface area contributed by atoms with Crippen molar-refractivity contribution in [2.75, 3.05) is 20.7 Å². The van der Waals surface area contributed by atoms with Crippen molar-refractivity contribution >= 4 is 17.7 Å². The summed E-state index contributed by atoms with van der Waals surface area (Å²) in [6.45, 7) is 5.28. The van der Waals surface area contributed by atoms with Crippen LogP contribution >= 0.6 is 0 Å². The van der Waals surface area contributed by atoms with E-state index in [4.69, 9.17) is 24.1 Å². The van der Waals surface area contributed by atoms with Crippen LogP contribution in [0.2, 0.25) is 0 Å². The summed E-state index contributed by atoms with van der Waals surface area (Å²) in [7, 11) is 1.57. The third-order valence-corrected chi connectivity index (χ3v) is 5.78. The van der Waals surface area contributed by atoms with Crippen molar-refractivity contribution in [2.45, 2.75) is 26.2 Å². The largest absolute Gasteiger partial charge is 0.478 e. The average Bonchev–Trinajstić information content (AvgIpc) is 2.87. The van der Waals surface area contributed by atoms with E-state index < -0.39 is 18.7 Å². The number of carbonyl (C=O) groups is 3. The Morgan fingerprint density at radius 1 is 0.778 bits per heavy atom. The molecular formula is C28H28O8. The Kier molecular flexibility index (Phi) is 8.45. The van der Waals surface area contributed by atoms with E-state index in [2.05, 4.69) is 13.8 Å². The minimum absolute atomic E-state index is 0.0786.